The van der Waals surface area contributed by atoms with Crippen molar-refractivity contribution in [2.75, 3.05) is 6.61 Å². The number of ether oxygens (including phenoxy) is 3. The maximum Gasteiger partial charge on any atom is 0.229 e. The number of benzene rings is 1. The van der Waals surface area contributed by atoms with Crippen molar-refractivity contribution in [1.82, 2.24) is 0 Å². The first kappa shape index (κ1) is 19.8. The summed E-state index contributed by atoms with van der Waals surface area (Å²) in [5.41, 5.74) is 0.0988. The highest BCUT2D eigenvalue weighted by Crippen LogP contribution is 2.40. The normalized spacial score (nSPS) is 33.5. The number of phenolic OH excluding ortho intramolecular Hbond substituents is 1. The van der Waals surface area contributed by atoms with Crippen molar-refractivity contribution in [3.8, 4) is 17.2 Å². The van der Waals surface area contributed by atoms with E-state index in [0.717, 1.165) is 0 Å². The van der Waals surface area contributed by atoms with E-state index in [-0.39, 0.29) is 47.0 Å². The predicted molar refractivity (Wildman–Crippen MR) is 90.7 cm³/mol. The fraction of sp³-hybridized carbons (Fsp3) is 0.611. The Morgan fingerprint density at radius 3 is 2.52 bits per heavy atom. The maximum absolute atomic E-state index is 12.6. The zero-order chi connectivity index (χ0) is 19.9. The van der Waals surface area contributed by atoms with Gasteiger partial charge in [-0.15, -0.1) is 0 Å². The van der Waals surface area contributed by atoms with Crippen LogP contribution in [0.2, 0.25) is 0 Å². The molecule has 9 heteroatoms. The average molecular weight is 384 g/mol. The van der Waals surface area contributed by atoms with Gasteiger partial charge in [-0.3, -0.25) is 4.79 Å². The number of Topliss-reactive ketones (excluding diaryl/α,β-unsaturated/α-hetero) is 1. The van der Waals surface area contributed by atoms with Crippen molar-refractivity contribution in [2.24, 2.45) is 5.92 Å². The molecule has 0 amide bonds. The minimum absolute atomic E-state index is 0.0819. The second kappa shape index (κ2) is 7.61. The molecule has 2 heterocycles. The van der Waals surface area contributed by atoms with E-state index in [2.05, 4.69) is 0 Å². The van der Waals surface area contributed by atoms with Crippen LogP contribution in [0, 0.1) is 5.92 Å². The molecule has 6 atom stereocenters. The molecule has 0 spiro atoms. The molecule has 27 heavy (non-hydrogen) atoms. The average Bonchev–Trinajstić information content (AvgIpc) is 2.61. The maximum atomic E-state index is 12.6. The first-order chi connectivity index (χ1) is 12.7. The van der Waals surface area contributed by atoms with Crippen LogP contribution >= 0.6 is 0 Å². The van der Waals surface area contributed by atoms with Crippen molar-refractivity contribution in [3.05, 3.63) is 17.7 Å². The van der Waals surface area contributed by atoms with Crippen LogP contribution in [0.25, 0.3) is 0 Å². The van der Waals surface area contributed by atoms with Gasteiger partial charge >= 0.3 is 0 Å². The SMILES string of the molecule is CC(C)[C@@H]1CC(=O)c2c(O[C@@H]3O[C@H](CO)[C@@H](O)[C@H](O)[C@H]3O)cc(O)cc2O1. The van der Waals surface area contributed by atoms with Gasteiger partial charge in [-0.05, 0) is 5.92 Å². The number of rotatable bonds is 4. The monoisotopic (exact) mass is 384 g/mol. The summed E-state index contributed by atoms with van der Waals surface area (Å²) in [4.78, 5) is 12.6. The largest absolute Gasteiger partial charge is 0.508 e. The van der Waals surface area contributed by atoms with E-state index in [1.807, 2.05) is 13.8 Å². The lowest BCUT2D eigenvalue weighted by atomic mass is 9.93. The first-order valence-corrected chi connectivity index (χ1v) is 8.77. The van der Waals surface area contributed by atoms with E-state index in [1.165, 1.54) is 12.1 Å². The van der Waals surface area contributed by atoms with Gasteiger partial charge in [0.25, 0.3) is 0 Å². The quantitative estimate of drug-likeness (QED) is 0.466. The lowest BCUT2D eigenvalue weighted by Crippen LogP contribution is -2.60. The summed E-state index contributed by atoms with van der Waals surface area (Å²) in [5, 5.41) is 49.1. The number of carbonyl (C=O) groups excluding carboxylic acids is 1. The van der Waals surface area contributed by atoms with Crippen molar-refractivity contribution in [2.45, 2.75) is 57.1 Å². The van der Waals surface area contributed by atoms with Gasteiger partial charge in [-0.1, -0.05) is 13.8 Å². The number of ketones is 1. The van der Waals surface area contributed by atoms with E-state index >= 15 is 0 Å². The third kappa shape index (κ3) is 3.74. The van der Waals surface area contributed by atoms with Crippen LogP contribution < -0.4 is 9.47 Å². The molecule has 2 aliphatic rings. The predicted octanol–water partition coefficient (Wildman–Crippen LogP) is -0.439. The molecular weight excluding hydrogens is 360 g/mol. The minimum atomic E-state index is -1.64. The van der Waals surface area contributed by atoms with Crippen molar-refractivity contribution < 1.29 is 44.5 Å². The molecule has 0 unspecified atom stereocenters. The van der Waals surface area contributed by atoms with Gasteiger partial charge in [0.05, 0.1) is 6.61 Å². The summed E-state index contributed by atoms with van der Waals surface area (Å²) in [5.74, 6) is -0.314. The molecule has 1 saturated heterocycles. The van der Waals surface area contributed by atoms with E-state index in [1.54, 1.807) is 0 Å². The number of fused-ring (bicyclic) bond motifs is 1. The number of carbonyl (C=O) groups is 1. The minimum Gasteiger partial charge on any atom is -0.508 e. The molecule has 0 saturated carbocycles. The van der Waals surface area contributed by atoms with Crippen LogP contribution in [-0.2, 0) is 4.74 Å². The molecular formula is C18H24O9. The molecule has 0 aliphatic carbocycles. The van der Waals surface area contributed by atoms with Crippen LogP contribution in [-0.4, -0.2) is 74.7 Å². The number of aliphatic hydroxyl groups excluding tert-OH is 4. The molecule has 0 bridgehead atoms. The lowest BCUT2D eigenvalue weighted by Gasteiger charge is -2.40. The second-order valence-electron chi connectivity index (χ2n) is 7.16. The van der Waals surface area contributed by atoms with Crippen LogP contribution in [0.1, 0.15) is 30.6 Å². The van der Waals surface area contributed by atoms with Crippen LogP contribution in [0.4, 0.5) is 0 Å². The second-order valence-corrected chi connectivity index (χ2v) is 7.16. The third-order valence-electron chi connectivity index (χ3n) is 4.83. The van der Waals surface area contributed by atoms with Gasteiger partial charge in [0.15, 0.2) is 5.78 Å². The molecule has 150 valence electrons. The Labute approximate surface area is 155 Å². The standard InChI is InChI=1S/C18H24O9/c1-7(2)10-5-9(21)14-11(25-10)3-8(20)4-12(14)26-18-17(24)16(23)15(22)13(6-19)27-18/h3-4,7,10,13,15-20,22-24H,5-6H2,1-2H3/t10-,13+,15+,16-,17+,18+/m0/s1. The van der Waals surface area contributed by atoms with Gasteiger partial charge in [-0.2, -0.15) is 0 Å². The third-order valence-corrected chi connectivity index (χ3v) is 4.83. The number of phenols is 1. The molecule has 0 radical (unpaired) electrons. The van der Waals surface area contributed by atoms with E-state index in [4.69, 9.17) is 14.2 Å². The molecule has 1 aromatic rings. The zero-order valence-electron chi connectivity index (χ0n) is 15.0. The summed E-state index contributed by atoms with van der Waals surface area (Å²) in [6.45, 7) is 3.22. The van der Waals surface area contributed by atoms with Gasteiger partial charge in [0.2, 0.25) is 6.29 Å². The Hall–Kier alpha value is -1.91. The summed E-state index contributed by atoms with van der Waals surface area (Å²) in [6.07, 6.45) is -7.62. The molecule has 0 aromatic heterocycles. The fourth-order valence-electron chi connectivity index (χ4n) is 3.19. The number of hydrogen-bond donors (Lipinski definition) is 5. The smallest absolute Gasteiger partial charge is 0.229 e. The van der Waals surface area contributed by atoms with Crippen LogP contribution in [0.15, 0.2) is 12.1 Å². The zero-order valence-corrected chi connectivity index (χ0v) is 15.0. The Morgan fingerprint density at radius 2 is 1.89 bits per heavy atom. The van der Waals surface area contributed by atoms with E-state index < -0.39 is 37.3 Å². The van der Waals surface area contributed by atoms with Crippen LogP contribution in [0.5, 0.6) is 17.2 Å². The molecule has 5 N–H and O–H groups in total. The first-order valence-electron chi connectivity index (χ1n) is 8.77. The van der Waals surface area contributed by atoms with Crippen molar-refractivity contribution in [3.63, 3.8) is 0 Å². The Bertz CT molecular complexity index is 702. The Kier molecular flexibility index (Phi) is 5.59. The van der Waals surface area contributed by atoms with Gasteiger partial charge in [0.1, 0.15) is 53.3 Å². The fourth-order valence-corrected chi connectivity index (χ4v) is 3.19. The summed E-state index contributed by atoms with van der Waals surface area (Å²) >= 11 is 0. The Morgan fingerprint density at radius 1 is 1.19 bits per heavy atom. The highest BCUT2D eigenvalue weighted by Gasteiger charge is 2.45. The number of aliphatic hydroxyl groups is 4. The van der Waals surface area contributed by atoms with Gasteiger partial charge in [-0.25, -0.2) is 0 Å². The topological polar surface area (TPSA) is 146 Å². The highest BCUT2D eigenvalue weighted by molar-refractivity contribution is 6.02. The summed E-state index contributed by atoms with van der Waals surface area (Å²) < 4.78 is 16.6. The molecule has 1 fully saturated rings. The molecule has 2 aliphatic heterocycles. The molecule has 3 rings (SSSR count). The molecule has 1 aromatic carbocycles. The van der Waals surface area contributed by atoms with Gasteiger partial charge in [0, 0.05) is 18.6 Å². The number of aromatic hydroxyl groups is 1. The highest BCUT2D eigenvalue weighted by atomic mass is 16.7. The summed E-state index contributed by atoms with van der Waals surface area (Å²) in [6, 6.07) is 2.49. The lowest BCUT2D eigenvalue weighted by molar-refractivity contribution is -0.277. The van der Waals surface area contributed by atoms with Gasteiger partial charge < -0.3 is 39.7 Å². The van der Waals surface area contributed by atoms with Crippen LogP contribution in [0.3, 0.4) is 0 Å². The van der Waals surface area contributed by atoms with E-state index in [0.29, 0.717) is 0 Å². The summed E-state index contributed by atoms with van der Waals surface area (Å²) in [7, 11) is 0. The van der Waals surface area contributed by atoms with Crippen molar-refractivity contribution >= 4 is 5.78 Å². The van der Waals surface area contributed by atoms with E-state index in [9.17, 15) is 30.3 Å². The van der Waals surface area contributed by atoms with Crippen molar-refractivity contribution in [1.29, 1.82) is 0 Å². The number of hydrogen-bond acceptors (Lipinski definition) is 9. The molecule has 9 nitrogen and oxygen atoms in total. The Balaban J connectivity index is 1.91.